The number of allylic oxidation sites excluding steroid dienone is 4. The fraction of sp³-hybridized carbons (Fsp3) is 0.867. The van der Waals surface area contributed by atoms with Crippen molar-refractivity contribution in [3.8, 4) is 0 Å². The lowest BCUT2D eigenvalue weighted by atomic mass is 9.36. The van der Waals surface area contributed by atoms with Crippen LogP contribution in [0.3, 0.4) is 0 Å². The minimum Gasteiger partial charge on any atom is -0.393 e. The molecule has 8 unspecified atom stereocenters. The molecule has 5 aliphatic carbocycles. The molecule has 5 rings (SSSR count). The quantitative estimate of drug-likeness (QED) is 0.423. The molecule has 8 atom stereocenters. The number of aliphatic hydroxyl groups is 2. The van der Waals surface area contributed by atoms with E-state index in [0.29, 0.717) is 11.8 Å². The van der Waals surface area contributed by atoms with Crippen LogP contribution in [0.25, 0.3) is 0 Å². The zero-order valence-electron chi connectivity index (χ0n) is 22.0. The number of rotatable bonds is 0. The van der Waals surface area contributed by atoms with Gasteiger partial charge in [0.05, 0.1) is 12.2 Å². The van der Waals surface area contributed by atoms with Crippen LogP contribution in [0.4, 0.5) is 0 Å². The van der Waals surface area contributed by atoms with Gasteiger partial charge in [-0.3, -0.25) is 0 Å². The number of hydrogen-bond acceptors (Lipinski definition) is 2. The molecular formula is C30H48O2. The van der Waals surface area contributed by atoms with Crippen molar-refractivity contribution in [1.82, 2.24) is 0 Å². The summed E-state index contributed by atoms with van der Waals surface area (Å²) in [5, 5.41) is 21.8. The molecule has 0 radical (unpaired) electrons. The van der Waals surface area contributed by atoms with Gasteiger partial charge in [0, 0.05) is 0 Å². The summed E-state index contributed by atoms with van der Waals surface area (Å²) in [6, 6.07) is 0. The van der Waals surface area contributed by atoms with Gasteiger partial charge in [-0.05, 0) is 95.7 Å². The molecule has 0 spiro atoms. The Labute approximate surface area is 197 Å². The maximum Gasteiger partial charge on any atom is 0.0596 e. The van der Waals surface area contributed by atoms with E-state index in [4.69, 9.17) is 0 Å². The molecule has 0 bridgehead atoms. The van der Waals surface area contributed by atoms with E-state index in [0.717, 1.165) is 25.7 Å². The van der Waals surface area contributed by atoms with Crippen molar-refractivity contribution in [1.29, 1.82) is 0 Å². The Morgan fingerprint density at radius 2 is 1.41 bits per heavy atom. The minimum absolute atomic E-state index is 0.0126. The van der Waals surface area contributed by atoms with Crippen LogP contribution in [0.5, 0.6) is 0 Å². The molecule has 2 heteroatoms. The van der Waals surface area contributed by atoms with Crippen molar-refractivity contribution in [3.05, 3.63) is 23.3 Å². The van der Waals surface area contributed by atoms with Crippen LogP contribution in [-0.4, -0.2) is 22.4 Å². The Balaban J connectivity index is 1.62. The first-order chi connectivity index (χ1) is 14.6. The summed E-state index contributed by atoms with van der Waals surface area (Å²) in [6.07, 6.45) is 13.7. The summed E-state index contributed by atoms with van der Waals surface area (Å²) in [7, 11) is 0. The third kappa shape index (κ3) is 2.66. The van der Waals surface area contributed by atoms with Crippen LogP contribution in [0.1, 0.15) is 107 Å². The van der Waals surface area contributed by atoms with Crippen LogP contribution in [-0.2, 0) is 0 Å². The molecule has 0 amide bonds. The van der Waals surface area contributed by atoms with Gasteiger partial charge in [-0.25, -0.2) is 0 Å². The maximum absolute atomic E-state index is 10.9. The van der Waals surface area contributed by atoms with Crippen LogP contribution in [0, 0.1) is 44.3 Å². The van der Waals surface area contributed by atoms with E-state index in [1.54, 1.807) is 11.1 Å². The summed E-state index contributed by atoms with van der Waals surface area (Å²) in [4.78, 5) is 0. The molecule has 2 N–H and O–H groups in total. The summed E-state index contributed by atoms with van der Waals surface area (Å²) >= 11 is 0. The second-order valence-electron chi connectivity index (χ2n) is 14.9. The molecule has 4 fully saturated rings. The van der Waals surface area contributed by atoms with Gasteiger partial charge < -0.3 is 10.2 Å². The van der Waals surface area contributed by atoms with E-state index in [2.05, 4.69) is 67.5 Å². The lowest BCUT2D eigenvalue weighted by Crippen LogP contribution is -2.61. The van der Waals surface area contributed by atoms with Gasteiger partial charge in [-0.2, -0.15) is 0 Å². The summed E-state index contributed by atoms with van der Waals surface area (Å²) in [6.45, 7) is 19.4. The maximum atomic E-state index is 10.9. The molecule has 5 aliphatic rings. The first kappa shape index (κ1) is 23.2. The summed E-state index contributed by atoms with van der Waals surface area (Å²) < 4.78 is 0. The van der Waals surface area contributed by atoms with Crippen molar-refractivity contribution >= 4 is 0 Å². The van der Waals surface area contributed by atoms with Crippen LogP contribution in [0.15, 0.2) is 23.3 Å². The highest BCUT2D eigenvalue weighted by Gasteiger charge is 2.66. The Morgan fingerprint density at radius 3 is 2.09 bits per heavy atom. The highest BCUT2D eigenvalue weighted by Crippen LogP contribution is 2.74. The zero-order chi connectivity index (χ0) is 23.5. The Bertz CT molecular complexity index is 879. The summed E-state index contributed by atoms with van der Waals surface area (Å²) in [5.74, 6) is 1.12. The largest absolute Gasteiger partial charge is 0.393 e. The molecule has 4 saturated carbocycles. The average Bonchev–Trinajstić information content (AvgIpc) is 2.68. The van der Waals surface area contributed by atoms with Gasteiger partial charge in [0.1, 0.15) is 0 Å². The van der Waals surface area contributed by atoms with Gasteiger partial charge in [0.15, 0.2) is 0 Å². The Hall–Kier alpha value is -0.600. The van der Waals surface area contributed by atoms with E-state index < -0.39 is 0 Å². The number of fused-ring (bicyclic) bond motifs is 7. The van der Waals surface area contributed by atoms with Crippen molar-refractivity contribution in [2.45, 2.75) is 119 Å². The molecule has 0 aromatic carbocycles. The summed E-state index contributed by atoms with van der Waals surface area (Å²) in [5.41, 5.74) is 4.15. The zero-order valence-corrected chi connectivity index (χ0v) is 22.0. The average molecular weight is 441 g/mol. The Morgan fingerprint density at radius 1 is 0.719 bits per heavy atom. The molecule has 180 valence electrons. The number of aliphatic hydroxyl groups excluding tert-OH is 2. The second-order valence-corrected chi connectivity index (χ2v) is 14.9. The van der Waals surface area contributed by atoms with Gasteiger partial charge >= 0.3 is 0 Å². The molecule has 0 aromatic rings. The van der Waals surface area contributed by atoms with Crippen molar-refractivity contribution < 1.29 is 10.2 Å². The topological polar surface area (TPSA) is 40.5 Å². The predicted octanol–water partition coefficient (Wildman–Crippen LogP) is 7.06. The third-order valence-electron chi connectivity index (χ3n) is 12.6. The van der Waals surface area contributed by atoms with Crippen molar-refractivity contribution in [2.75, 3.05) is 0 Å². The molecule has 32 heavy (non-hydrogen) atoms. The van der Waals surface area contributed by atoms with Gasteiger partial charge in [0.2, 0.25) is 0 Å². The molecular weight excluding hydrogens is 392 g/mol. The van der Waals surface area contributed by atoms with Crippen LogP contribution < -0.4 is 0 Å². The van der Waals surface area contributed by atoms with Gasteiger partial charge in [-0.15, -0.1) is 0 Å². The van der Waals surface area contributed by atoms with E-state index >= 15 is 0 Å². The molecule has 2 nitrogen and oxygen atoms in total. The fourth-order valence-corrected chi connectivity index (χ4v) is 9.86. The second kappa shape index (κ2) is 6.54. The lowest BCUT2D eigenvalue weighted by Gasteiger charge is -2.68. The number of hydrogen-bond donors (Lipinski definition) is 2. The highest BCUT2D eigenvalue weighted by molar-refractivity contribution is 5.45. The molecule has 0 saturated heterocycles. The smallest absolute Gasteiger partial charge is 0.0596 e. The first-order valence-corrected chi connectivity index (χ1v) is 13.4. The van der Waals surface area contributed by atoms with E-state index in [1.165, 1.54) is 25.7 Å². The third-order valence-corrected chi connectivity index (χ3v) is 12.6. The van der Waals surface area contributed by atoms with Crippen LogP contribution in [0.2, 0.25) is 0 Å². The normalized spacial score (nSPS) is 53.7. The first-order valence-electron chi connectivity index (χ1n) is 13.4. The van der Waals surface area contributed by atoms with Crippen molar-refractivity contribution in [3.63, 3.8) is 0 Å². The van der Waals surface area contributed by atoms with Gasteiger partial charge in [-0.1, -0.05) is 78.7 Å². The van der Waals surface area contributed by atoms with E-state index in [1.807, 2.05) is 0 Å². The monoisotopic (exact) mass is 440 g/mol. The predicted molar refractivity (Wildman–Crippen MR) is 132 cm³/mol. The molecule has 0 heterocycles. The lowest BCUT2D eigenvalue weighted by molar-refractivity contribution is -0.132. The fourth-order valence-electron chi connectivity index (χ4n) is 9.86. The highest BCUT2D eigenvalue weighted by atomic mass is 16.3. The Kier molecular flexibility index (Phi) is 4.73. The molecule has 0 aromatic heterocycles. The van der Waals surface area contributed by atoms with Crippen LogP contribution >= 0.6 is 0 Å². The van der Waals surface area contributed by atoms with E-state index in [9.17, 15) is 10.2 Å². The standard InChI is InChI=1S/C30H48O2/c1-25(2)17-20-19-9-10-22-28(6)13-12-23(31)26(3,4)21(28)11-14-30(22,8)29(19,7)16-15-27(20,5)18-24(25)32/h9-10,20-21,23-24,31-32H,11-18H2,1-8H3. The minimum atomic E-state index is -0.191. The SMILES string of the molecule is CC1(C)CC2C3=CC=C4C5(C)CCC(O)C(C)(C)C5CCC4(C)C3(C)CCC2(C)CC1O. The van der Waals surface area contributed by atoms with Gasteiger partial charge in [0.25, 0.3) is 0 Å². The van der Waals surface area contributed by atoms with E-state index in [-0.39, 0.29) is 44.7 Å². The molecule has 0 aliphatic heterocycles. The van der Waals surface area contributed by atoms with Crippen molar-refractivity contribution in [2.24, 2.45) is 44.3 Å².